The molecule has 1 N–H and O–H groups in total. The van der Waals surface area contributed by atoms with E-state index in [9.17, 15) is 4.79 Å². The Morgan fingerprint density at radius 2 is 1.95 bits per heavy atom. The minimum absolute atomic E-state index is 0.0718. The second kappa shape index (κ2) is 5.30. The summed E-state index contributed by atoms with van der Waals surface area (Å²) < 4.78 is 0. The number of amides is 1. The number of fused-ring (bicyclic) bond motifs is 3. The topological polar surface area (TPSA) is 49.0 Å². The first-order valence-electron chi connectivity index (χ1n) is 7.61. The maximum atomic E-state index is 12.6. The number of carbonyl (C=O) groups excluding carboxylic acids is 1. The number of pyridine rings is 1. The number of para-hydroxylation sites is 1. The van der Waals surface area contributed by atoms with E-state index in [0.717, 1.165) is 25.9 Å². The van der Waals surface area contributed by atoms with Gasteiger partial charge in [0.05, 0.1) is 5.56 Å². The normalized spacial score (nSPS) is 14.6. The highest BCUT2D eigenvalue weighted by Crippen LogP contribution is 2.26. The predicted molar refractivity (Wildman–Crippen MR) is 85.8 cm³/mol. The van der Waals surface area contributed by atoms with Crippen LogP contribution in [0.25, 0.3) is 10.9 Å². The lowest BCUT2D eigenvalue weighted by Gasteiger charge is -2.20. The van der Waals surface area contributed by atoms with Crippen LogP contribution in [0.5, 0.6) is 0 Å². The molecule has 0 fully saturated rings. The third-order valence-electron chi connectivity index (χ3n) is 4.36. The Labute approximate surface area is 128 Å². The zero-order valence-corrected chi connectivity index (χ0v) is 12.2. The lowest BCUT2D eigenvalue weighted by molar-refractivity contribution is 0.0762. The van der Waals surface area contributed by atoms with Gasteiger partial charge in [0, 0.05) is 48.5 Å². The van der Waals surface area contributed by atoms with E-state index in [1.165, 1.54) is 22.2 Å². The molecule has 0 unspecified atom stereocenters. The molecule has 4 heteroatoms. The highest BCUT2D eigenvalue weighted by atomic mass is 16.2. The Hall–Kier alpha value is -2.62. The highest BCUT2D eigenvalue weighted by Gasteiger charge is 2.22. The fourth-order valence-electron chi connectivity index (χ4n) is 3.24. The second-order valence-electron chi connectivity index (χ2n) is 5.66. The Morgan fingerprint density at radius 3 is 2.82 bits per heavy atom. The third-order valence-corrected chi connectivity index (χ3v) is 4.36. The number of nitrogens with one attached hydrogen (secondary N) is 1. The summed E-state index contributed by atoms with van der Waals surface area (Å²) >= 11 is 0. The molecule has 4 nitrogen and oxygen atoms in total. The number of nitrogens with zero attached hydrogens (tertiary/aromatic N) is 2. The van der Waals surface area contributed by atoms with Gasteiger partial charge in [-0.25, -0.2) is 0 Å². The molecule has 0 aliphatic carbocycles. The third kappa shape index (κ3) is 2.17. The maximum Gasteiger partial charge on any atom is 0.255 e. The zero-order valence-electron chi connectivity index (χ0n) is 12.2. The van der Waals surface area contributed by atoms with Crippen molar-refractivity contribution >= 4 is 16.8 Å². The first-order valence-corrected chi connectivity index (χ1v) is 7.61. The van der Waals surface area contributed by atoms with Gasteiger partial charge in [0.2, 0.25) is 0 Å². The summed E-state index contributed by atoms with van der Waals surface area (Å²) in [5.74, 6) is 0.0718. The predicted octanol–water partition coefficient (Wildman–Crippen LogP) is 2.80. The highest BCUT2D eigenvalue weighted by molar-refractivity contribution is 5.94. The van der Waals surface area contributed by atoms with Crippen LogP contribution in [0, 0.1) is 0 Å². The molecule has 4 rings (SSSR count). The van der Waals surface area contributed by atoms with E-state index >= 15 is 0 Å². The molecular formula is C18H17N3O. The smallest absolute Gasteiger partial charge is 0.255 e. The minimum Gasteiger partial charge on any atom is -0.358 e. The van der Waals surface area contributed by atoms with Crippen LogP contribution in [0.15, 0.2) is 48.8 Å². The van der Waals surface area contributed by atoms with Crippen LogP contribution >= 0.6 is 0 Å². The molecule has 0 saturated carbocycles. The summed E-state index contributed by atoms with van der Waals surface area (Å²) in [4.78, 5) is 22.0. The molecule has 0 saturated heterocycles. The fraction of sp³-hybridized carbons (Fsp3) is 0.222. The van der Waals surface area contributed by atoms with Crippen LogP contribution in [0.2, 0.25) is 0 Å². The van der Waals surface area contributed by atoms with Crippen molar-refractivity contribution in [3.05, 3.63) is 65.6 Å². The van der Waals surface area contributed by atoms with Gasteiger partial charge < -0.3 is 9.88 Å². The van der Waals surface area contributed by atoms with E-state index in [1.807, 2.05) is 11.0 Å². The van der Waals surface area contributed by atoms with Crippen LogP contribution < -0.4 is 0 Å². The molecule has 110 valence electrons. The number of aromatic nitrogens is 2. The molecule has 22 heavy (non-hydrogen) atoms. The number of carbonyl (C=O) groups is 1. The summed E-state index contributed by atoms with van der Waals surface area (Å²) in [6, 6.07) is 12.0. The SMILES string of the molecule is O=C(c1cccnc1)N1CCc2[nH]c3ccccc3c2CC1. The standard InChI is InChI=1S/C18H17N3O/c22-18(13-4-3-9-19-12-13)21-10-7-15-14-5-1-2-6-16(14)20-17(15)8-11-21/h1-6,9,12,20H,7-8,10-11H2. The van der Waals surface area contributed by atoms with Crippen molar-refractivity contribution in [2.45, 2.75) is 12.8 Å². The van der Waals surface area contributed by atoms with Crippen LogP contribution in [-0.2, 0) is 12.8 Å². The van der Waals surface area contributed by atoms with Crippen molar-refractivity contribution in [2.75, 3.05) is 13.1 Å². The molecule has 0 atom stereocenters. The first-order chi connectivity index (χ1) is 10.8. The average molecular weight is 291 g/mol. The molecule has 1 aliphatic rings. The van der Waals surface area contributed by atoms with Crippen molar-refractivity contribution in [2.24, 2.45) is 0 Å². The van der Waals surface area contributed by atoms with Gasteiger partial charge in [0.1, 0.15) is 0 Å². The summed E-state index contributed by atoms with van der Waals surface area (Å²) in [7, 11) is 0. The number of hydrogen-bond donors (Lipinski definition) is 1. The number of benzene rings is 1. The lowest BCUT2D eigenvalue weighted by Crippen LogP contribution is -2.33. The zero-order chi connectivity index (χ0) is 14.9. The largest absolute Gasteiger partial charge is 0.358 e. The van der Waals surface area contributed by atoms with Crippen molar-refractivity contribution in [1.82, 2.24) is 14.9 Å². The maximum absolute atomic E-state index is 12.6. The van der Waals surface area contributed by atoms with Gasteiger partial charge in [-0.05, 0) is 30.2 Å². The molecule has 0 bridgehead atoms. The van der Waals surface area contributed by atoms with Gasteiger partial charge in [-0.1, -0.05) is 18.2 Å². The summed E-state index contributed by atoms with van der Waals surface area (Å²) in [5.41, 5.74) is 4.48. The van der Waals surface area contributed by atoms with Crippen LogP contribution in [0.3, 0.4) is 0 Å². The van der Waals surface area contributed by atoms with Crippen LogP contribution in [0.1, 0.15) is 21.6 Å². The quantitative estimate of drug-likeness (QED) is 0.749. The lowest BCUT2D eigenvalue weighted by atomic mass is 10.1. The van der Waals surface area contributed by atoms with Crippen LogP contribution in [-0.4, -0.2) is 33.9 Å². The van der Waals surface area contributed by atoms with Gasteiger partial charge in [0.25, 0.3) is 5.91 Å². The average Bonchev–Trinajstić information content (AvgIpc) is 2.80. The van der Waals surface area contributed by atoms with E-state index < -0.39 is 0 Å². The van der Waals surface area contributed by atoms with Gasteiger partial charge in [0.15, 0.2) is 0 Å². The van der Waals surface area contributed by atoms with Crippen molar-refractivity contribution < 1.29 is 4.79 Å². The molecule has 0 radical (unpaired) electrons. The Bertz CT molecular complexity index is 823. The number of aromatic amines is 1. The molecule has 3 aromatic rings. The summed E-state index contributed by atoms with van der Waals surface area (Å²) in [6.45, 7) is 1.50. The van der Waals surface area contributed by atoms with Crippen molar-refractivity contribution in [1.29, 1.82) is 0 Å². The monoisotopic (exact) mass is 291 g/mol. The summed E-state index contributed by atoms with van der Waals surface area (Å²) in [5, 5.41) is 1.29. The first kappa shape index (κ1) is 13.1. The summed E-state index contributed by atoms with van der Waals surface area (Å²) in [6.07, 6.45) is 5.10. The van der Waals surface area contributed by atoms with E-state index in [2.05, 4.69) is 34.2 Å². The Kier molecular flexibility index (Phi) is 3.15. The Morgan fingerprint density at radius 1 is 1.09 bits per heavy atom. The van der Waals surface area contributed by atoms with E-state index in [4.69, 9.17) is 0 Å². The molecule has 0 spiro atoms. The minimum atomic E-state index is 0.0718. The van der Waals surface area contributed by atoms with E-state index in [-0.39, 0.29) is 5.91 Å². The molecule has 1 amide bonds. The van der Waals surface area contributed by atoms with E-state index in [1.54, 1.807) is 18.5 Å². The molecular weight excluding hydrogens is 274 g/mol. The van der Waals surface area contributed by atoms with Gasteiger partial charge in [-0.15, -0.1) is 0 Å². The van der Waals surface area contributed by atoms with E-state index in [0.29, 0.717) is 5.56 Å². The fourth-order valence-corrected chi connectivity index (χ4v) is 3.24. The second-order valence-corrected chi connectivity index (χ2v) is 5.66. The molecule has 1 aliphatic heterocycles. The molecule has 3 heterocycles. The molecule has 1 aromatic carbocycles. The Balaban J connectivity index is 1.60. The van der Waals surface area contributed by atoms with Gasteiger partial charge in [-0.3, -0.25) is 9.78 Å². The number of hydrogen-bond acceptors (Lipinski definition) is 2. The number of rotatable bonds is 1. The van der Waals surface area contributed by atoms with Crippen molar-refractivity contribution in [3.8, 4) is 0 Å². The van der Waals surface area contributed by atoms with Crippen LogP contribution in [0.4, 0.5) is 0 Å². The number of H-pyrrole nitrogens is 1. The van der Waals surface area contributed by atoms with Gasteiger partial charge >= 0.3 is 0 Å². The molecule has 2 aromatic heterocycles. The van der Waals surface area contributed by atoms with Crippen molar-refractivity contribution in [3.63, 3.8) is 0 Å². The van der Waals surface area contributed by atoms with Gasteiger partial charge in [-0.2, -0.15) is 0 Å².